The highest BCUT2D eigenvalue weighted by Gasteiger charge is 2.46. The predicted molar refractivity (Wildman–Crippen MR) is 90.3 cm³/mol. The monoisotopic (exact) mass is 359 g/mol. The van der Waals surface area contributed by atoms with Gasteiger partial charge in [-0.2, -0.15) is 5.10 Å². The third-order valence-corrected chi connectivity index (χ3v) is 5.31. The number of likely N-dealkylation sites (tertiary alicyclic amines) is 1. The summed E-state index contributed by atoms with van der Waals surface area (Å²) >= 11 is 0. The minimum absolute atomic E-state index is 0.0294. The van der Waals surface area contributed by atoms with E-state index in [1.807, 2.05) is 0 Å². The lowest BCUT2D eigenvalue weighted by Crippen LogP contribution is -2.54. The minimum Gasteiger partial charge on any atom is -0.479 e. The number of carbonyl (C=O) groups is 2. The Bertz CT molecular complexity index is 784. The molecule has 0 unspecified atom stereocenters. The zero-order chi connectivity index (χ0) is 18.1. The Hall–Kier alpha value is -2.61. The number of aromatic nitrogens is 2. The number of nitrogens with zero attached hydrogens (tertiary/aromatic N) is 3. The number of aliphatic carboxylic acids is 1. The van der Waals surface area contributed by atoms with Crippen molar-refractivity contribution in [2.45, 2.75) is 37.3 Å². The van der Waals surface area contributed by atoms with E-state index in [9.17, 15) is 14.7 Å². The first-order valence-corrected chi connectivity index (χ1v) is 8.84. The molecule has 0 radical (unpaired) electrons. The van der Waals surface area contributed by atoms with Gasteiger partial charge < -0.3 is 19.2 Å². The summed E-state index contributed by atoms with van der Waals surface area (Å²) in [4.78, 5) is 26.3. The highest BCUT2D eigenvalue weighted by atomic mass is 16.5. The molecule has 8 nitrogen and oxygen atoms in total. The maximum Gasteiger partial charge on any atom is 0.331 e. The summed E-state index contributed by atoms with van der Waals surface area (Å²) in [5.41, 5.74) is -0.563. The Balaban J connectivity index is 1.52. The second-order valence-corrected chi connectivity index (χ2v) is 6.79. The Morgan fingerprint density at radius 2 is 2.08 bits per heavy atom. The smallest absolute Gasteiger partial charge is 0.331 e. The van der Waals surface area contributed by atoms with Crippen molar-refractivity contribution in [3.63, 3.8) is 0 Å². The van der Waals surface area contributed by atoms with Gasteiger partial charge in [-0.05, 0) is 31.0 Å². The Kier molecular flexibility index (Phi) is 4.28. The molecule has 1 amide bonds. The topological polar surface area (TPSA) is 97.8 Å². The Labute approximate surface area is 150 Å². The molecule has 138 valence electrons. The van der Waals surface area contributed by atoms with E-state index >= 15 is 0 Å². The zero-order valence-electron chi connectivity index (χ0n) is 14.3. The number of carboxylic acid groups (broad SMARTS) is 1. The van der Waals surface area contributed by atoms with Gasteiger partial charge in [-0.3, -0.25) is 9.48 Å². The number of hydrogen-bond donors (Lipinski definition) is 1. The van der Waals surface area contributed by atoms with Gasteiger partial charge in [0.2, 0.25) is 0 Å². The molecular formula is C18H21N3O5. The summed E-state index contributed by atoms with van der Waals surface area (Å²) in [6.07, 6.45) is 5.10. The molecule has 0 aromatic carbocycles. The van der Waals surface area contributed by atoms with Gasteiger partial charge in [0.15, 0.2) is 11.3 Å². The van der Waals surface area contributed by atoms with Crippen molar-refractivity contribution in [3.8, 4) is 11.5 Å². The van der Waals surface area contributed by atoms with Crippen molar-refractivity contribution < 1.29 is 23.8 Å². The number of carboxylic acids is 1. The summed E-state index contributed by atoms with van der Waals surface area (Å²) in [7, 11) is 0. The SMILES string of the molecule is O=C([C@@H]1CCCO1)N1CCC(C(=O)O)(n2ccc(-c3ccco3)n2)CC1. The van der Waals surface area contributed by atoms with E-state index in [2.05, 4.69) is 5.10 Å². The lowest BCUT2D eigenvalue weighted by molar-refractivity contribution is -0.155. The molecule has 2 aliphatic heterocycles. The molecule has 2 aromatic rings. The van der Waals surface area contributed by atoms with Gasteiger partial charge in [-0.15, -0.1) is 0 Å². The van der Waals surface area contributed by atoms with Gasteiger partial charge in [0.25, 0.3) is 5.91 Å². The number of amides is 1. The van der Waals surface area contributed by atoms with Crippen LogP contribution in [0.5, 0.6) is 0 Å². The van der Waals surface area contributed by atoms with Crippen LogP contribution < -0.4 is 0 Å². The van der Waals surface area contributed by atoms with Crippen LogP contribution in [0.2, 0.25) is 0 Å². The third kappa shape index (κ3) is 2.80. The van der Waals surface area contributed by atoms with Crippen molar-refractivity contribution in [3.05, 3.63) is 30.7 Å². The highest BCUT2D eigenvalue weighted by molar-refractivity contribution is 5.82. The fraction of sp³-hybridized carbons (Fsp3) is 0.500. The Morgan fingerprint density at radius 3 is 2.69 bits per heavy atom. The second-order valence-electron chi connectivity index (χ2n) is 6.79. The second kappa shape index (κ2) is 6.60. The van der Waals surface area contributed by atoms with Crippen LogP contribution in [0, 0.1) is 0 Å². The van der Waals surface area contributed by atoms with Gasteiger partial charge in [0.1, 0.15) is 11.8 Å². The van der Waals surface area contributed by atoms with E-state index in [0.717, 1.165) is 12.8 Å². The van der Waals surface area contributed by atoms with Gasteiger partial charge in [-0.1, -0.05) is 0 Å². The first-order chi connectivity index (χ1) is 12.6. The minimum atomic E-state index is -1.15. The van der Waals surface area contributed by atoms with Crippen molar-refractivity contribution in [1.82, 2.24) is 14.7 Å². The predicted octanol–water partition coefficient (Wildman–Crippen LogP) is 1.72. The Morgan fingerprint density at radius 1 is 1.27 bits per heavy atom. The first-order valence-electron chi connectivity index (χ1n) is 8.84. The average Bonchev–Trinajstić information content (AvgIpc) is 3.43. The maximum absolute atomic E-state index is 12.5. The lowest BCUT2D eigenvalue weighted by atomic mass is 9.87. The molecule has 2 aromatic heterocycles. The van der Waals surface area contributed by atoms with E-state index in [1.54, 1.807) is 35.6 Å². The van der Waals surface area contributed by atoms with Gasteiger partial charge in [-0.25, -0.2) is 4.79 Å². The molecular weight excluding hydrogens is 338 g/mol. The summed E-state index contributed by atoms with van der Waals surface area (Å²) in [6.45, 7) is 1.37. The third-order valence-electron chi connectivity index (χ3n) is 5.31. The van der Waals surface area contributed by atoms with Crippen LogP contribution in [0.4, 0.5) is 0 Å². The lowest BCUT2D eigenvalue weighted by Gasteiger charge is -2.39. The summed E-state index contributed by atoms with van der Waals surface area (Å²) in [6, 6.07) is 5.28. The van der Waals surface area contributed by atoms with Gasteiger partial charge >= 0.3 is 5.97 Å². The van der Waals surface area contributed by atoms with Crippen molar-refractivity contribution in [2.75, 3.05) is 19.7 Å². The van der Waals surface area contributed by atoms with E-state index in [1.165, 1.54) is 4.68 Å². The van der Waals surface area contributed by atoms with Crippen molar-refractivity contribution >= 4 is 11.9 Å². The van der Waals surface area contributed by atoms with Crippen LogP contribution in [0.3, 0.4) is 0 Å². The fourth-order valence-corrected chi connectivity index (χ4v) is 3.73. The van der Waals surface area contributed by atoms with Crippen molar-refractivity contribution in [2.24, 2.45) is 0 Å². The van der Waals surface area contributed by atoms with Crippen LogP contribution in [0.1, 0.15) is 25.7 Å². The van der Waals surface area contributed by atoms with Crippen LogP contribution in [-0.4, -0.2) is 57.5 Å². The quantitative estimate of drug-likeness (QED) is 0.893. The standard InChI is InChI=1S/C18H21N3O5/c22-16(15-4-2-12-26-15)20-9-6-18(7-10-20,17(23)24)21-8-5-13(19-21)14-3-1-11-25-14/h1,3,5,8,11,15H,2,4,6-7,9-10,12H2,(H,23,24)/t15-/m0/s1. The molecule has 4 rings (SSSR count). The average molecular weight is 359 g/mol. The van der Waals surface area contributed by atoms with Gasteiger partial charge in [0, 0.05) is 38.7 Å². The molecule has 1 atom stereocenters. The molecule has 0 bridgehead atoms. The highest BCUT2D eigenvalue weighted by Crippen LogP contribution is 2.32. The van der Waals surface area contributed by atoms with Crippen LogP contribution in [0.25, 0.3) is 11.5 Å². The van der Waals surface area contributed by atoms with Gasteiger partial charge in [0.05, 0.1) is 6.26 Å². The summed E-state index contributed by atoms with van der Waals surface area (Å²) in [5, 5.41) is 14.3. The van der Waals surface area contributed by atoms with Crippen molar-refractivity contribution in [1.29, 1.82) is 0 Å². The first kappa shape index (κ1) is 16.8. The molecule has 2 aliphatic rings. The van der Waals surface area contributed by atoms with E-state index in [4.69, 9.17) is 9.15 Å². The molecule has 4 heterocycles. The van der Waals surface area contributed by atoms with E-state index < -0.39 is 11.5 Å². The molecule has 2 fully saturated rings. The summed E-state index contributed by atoms with van der Waals surface area (Å²) < 4.78 is 12.3. The fourth-order valence-electron chi connectivity index (χ4n) is 3.73. The number of ether oxygens (including phenoxy) is 1. The number of hydrogen-bond acceptors (Lipinski definition) is 5. The number of rotatable bonds is 4. The maximum atomic E-state index is 12.5. The summed E-state index contributed by atoms with van der Waals surface area (Å²) in [5.74, 6) is -0.371. The largest absolute Gasteiger partial charge is 0.479 e. The van der Waals surface area contributed by atoms with Crippen LogP contribution in [0.15, 0.2) is 35.1 Å². The normalized spacial score (nSPS) is 22.5. The number of furan rings is 1. The molecule has 0 spiro atoms. The van der Waals surface area contributed by atoms with E-state index in [-0.39, 0.29) is 12.0 Å². The van der Waals surface area contributed by atoms with E-state index in [0.29, 0.717) is 44.0 Å². The number of carbonyl (C=O) groups excluding carboxylic acids is 1. The van der Waals surface area contributed by atoms with Crippen LogP contribution in [-0.2, 0) is 19.9 Å². The molecule has 0 saturated carbocycles. The molecule has 8 heteroatoms. The zero-order valence-corrected chi connectivity index (χ0v) is 14.3. The molecule has 2 saturated heterocycles. The molecule has 1 N–H and O–H groups in total. The molecule has 26 heavy (non-hydrogen) atoms. The van der Waals surface area contributed by atoms with Crippen LogP contribution >= 0.6 is 0 Å². The number of piperidine rings is 1. The molecule has 0 aliphatic carbocycles.